The summed E-state index contributed by atoms with van der Waals surface area (Å²) >= 11 is 6.51. The Labute approximate surface area is 221 Å². The molecule has 1 saturated carbocycles. The molecule has 1 aliphatic carbocycles. The van der Waals surface area contributed by atoms with Crippen LogP contribution in [-0.4, -0.2) is 63.8 Å². The van der Waals surface area contributed by atoms with E-state index in [0.717, 1.165) is 48.9 Å². The summed E-state index contributed by atoms with van der Waals surface area (Å²) in [5.74, 6) is -2.55. The molecule has 1 heterocycles. The van der Waals surface area contributed by atoms with Crippen molar-refractivity contribution in [3.63, 3.8) is 0 Å². The number of benzene rings is 2. The number of carboxylic acid groups (broad SMARTS) is 2. The van der Waals surface area contributed by atoms with Gasteiger partial charge in [0, 0.05) is 6.54 Å². The fourth-order valence-corrected chi connectivity index (χ4v) is 4.70. The minimum Gasteiger partial charge on any atom is -0.490 e. The lowest BCUT2D eigenvalue weighted by Gasteiger charge is -2.23. The molecular weight excluding hydrogens is 500 g/mol. The van der Waals surface area contributed by atoms with Gasteiger partial charge in [-0.3, -0.25) is 0 Å². The quantitative estimate of drug-likeness (QED) is 0.300. The van der Waals surface area contributed by atoms with Gasteiger partial charge in [0.2, 0.25) is 0 Å². The van der Waals surface area contributed by atoms with Crippen LogP contribution in [0.1, 0.15) is 48.8 Å². The van der Waals surface area contributed by atoms with Crippen LogP contribution in [0.5, 0.6) is 5.75 Å². The molecule has 4 rings (SSSR count). The number of hydrogen-bond acceptors (Lipinski definition) is 7. The highest BCUT2D eigenvalue weighted by molar-refractivity contribution is 6.33. The smallest absolute Gasteiger partial charge is 0.335 e. The molecule has 0 radical (unpaired) electrons. The van der Waals surface area contributed by atoms with Crippen LogP contribution in [0, 0.1) is 0 Å². The number of nitrogens with one attached hydrogen (secondary N) is 2. The molecule has 0 saturated heterocycles. The highest BCUT2D eigenvalue weighted by atomic mass is 35.5. The maximum atomic E-state index is 9.77. The molecule has 0 amide bonds. The number of rotatable bonds is 8. The molecule has 0 spiro atoms. The maximum Gasteiger partial charge on any atom is 0.335 e. The largest absolute Gasteiger partial charge is 0.490 e. The van der Waals surface area contributed by atoms with Gasteiger partial charge in [0.25, 0.3) is 0 Å². The van der Waals surface area contributed by atoms with Gasteiger partial charge in [-0.15, -0.1) is 0 Å². The molecule has 2 aliphatic rings. The zero-order valence-corrected chi connectivity index (χ0v) is 21.4. The Kier molecular flexibility index (Phi) is 11.0. The van der Waals surface area contributed by atoms with Crippen molar-refractivity contribution >= 4 is 29.2 Å². The second-order valence-electron chi connectivity index (χ2n) is 9.25. The molecule has 2 aromatic rings. The Hall–Kier alpha value is -2.85. The van der Waals surface area contributed by atoms with Crippen molar-refractivity contribution in [3.05, 3.63) is 58.1 Å². The van der Waals surface area contributed by atoms with E-state index in [9.17, 15) is 9.59 Å². The topological polar surface area (TPSA) is 148 Å². The number of ether oxygens (including phenoxy) is 1. The molecule has 1 fully saturated rings. The first-order valence-electron chi connectivity index (χ1n) is 12.6. The first-order chi connectivity index (χ1) is 17.8. The fourth-order valence-electron chi connectivity index (χ4n) is 4.46. The maximum absolute atomic E-state index is 9.77. The van der Waals surface area contributed by atoms with Crippen LogP contribution < -0.4 is 15.4 Å². The molecule has 2 aromatic carbocycles. The van der Waals surface area contributed by atoms with Crippen LogP contribution in [-0.2, 0) is 29.0 Å². The van der Waals surface area contributed by atoms with Crippen molar-refractivity contribution < 1.29 is 34.8 Å². The van der Waals surface area contributed by atoms with Gasteiger partial charge in [0.05, 0.1) is 16.8 Å². The minimum atomic E-state index is -2.27. The highest BCUT2D eigenvalue weighted by Gasteiger charge is 2.29. The number of aliphatic carboxylic acids is 2. The predicted molar refractivity (Wildman–Crippen MR) is 140 cm³/mol. The minimum absolute atomic E-state index is 0.398. The van der Waals surface area contributed by atoms with Crippen LogP contribution in [0.3, 0.4) is 0 Å². The van der Waals surface area contributed by atoms with E-state index in [1.807, 2.05) is 6.07 Å². The van der Waals surface area contributed by atoms with Crippen molar-refractivity contribution in [3.8, 4) is 5.75 Å². The predicted octanol–water partition coefficient (Wildman–Crippen LogP) is 3.23. The molecule has 202 valence electrons. The number of anilines is 1. The Morgan fingerprint density at radius 1 is 0.946 bits per heavy atom. The lowest BCUT2D eigenvalue weighted by molar-refractivity contribution is -0.165. The van der Waals surface area contributed by atoms with E-state index in [4.69, 9.17) is 36.8 Å². The van der Waals surface area contributed by atoms with Crippen molar-refractivity contribution in [2.24, 2.45) is 0 Å². The lowest BCUT2D eigenvalue weighted by atomic mass is 9.98. The first kappa shape index (κ1) is 28.7. The summed E-state index contributed by atoms with van der Waals surface area (Å²) in [6.07, 6.45) is 4.28. The van der Waals surface area contributed by atoms with Gasteiger partial charge >= 0.3 is 11.9 Å². The normalized spacial score (nSPS) is 17.3. The van der Waals surface area contributed by atoms with Gasteiger partial charge in [-0.1, -0.05) is 36.2 Å². The van der Waals surface area contributed by atoms with Gasteiger partial charge in [0.1, 0.15) is 5.75 Å². The van der Waals surface area contributed by atoms with Crippen LogP contribution in [0.4, 0.5) is 5.69 Å². The van der Waals surface area contributed by atoms with Crippen molar-refractivity contribution in [1.82, 2.24) is 5.32 Å². The summed E-state index contributed by atoms with van der Waals surface area (Å²) in [5, 5.41) is 40.4. The van der Waals surface area contributed by atoms with Gasteiger partial charge in [0.15, 0.2) is 12.2 Å². The Morgan fingerprint density at radius 3 is 2.19 bits per heavy atom. The molecule has 10 heteroatoms. The lowest BCUT2D eigenvalue weighted by Crippen LogP contribution is -2.39. The zero-order valence-electron chi connectivity index (χ0n) is 20.7. The van der Waals surface area contributed by atoms with Crippen LogP contribution in [0.15, 0.2) is 36.4 Å². The molecule has 0 unspecified atom stereocenters. The average Bonchev–Trinajstić information content (AvgIpc) is 3.15. The van der Waals surface area contributed by atoms with Crippen molar-refractivity contribution in [2.45, 2.75) is 69.8 Å². The van der Waals surface area contributed by atoms with Gasteiger partial charge in [-0.2, -0.15) is 0 Å². The summed E-state index contributed by atoms with van der Waals surface area (Å²) in [5.41, 5.74) is 5.11. The van der Waals surface area contributed by atoms with E-state index in [0.29, 0.717) is 6.10 Å². The second kappa shape index (κ2) is 14.2. The molecule has 9 nitrogen and oxygen atoms in total. The third kappa shape index (κ3) is 8.60. The second-order valence-corrected chi connectivity index (χ2v) is 9.66. The Balaban J connectivity index is 0.000000325. The molecule has 0 aromatic heterocycles. The third-order valence-electron chi connectivity index (χ3n) is 6.53. The fraction of sp³-hybridized carbons (Fsp3) is 0.481. The van der Waals surface area contributed by atoms with E-state index in [2.05, 4.69) is 41.0 Å². The summed E-state index contributed by atoms with van der Waals surface area (Å²) in [7, 11) is 0. The van der Waals surface area contributed by atoms with E-state index in [1.54, 1.807) is 0 Å². The third-order valence-corrected chi connectivity index (χ3v) is 6.85. The molecule has 6 N–H and O–H groups in total. The number of carbonyl (C=O) groups is 2. The highest BCUT2D eigenvalue weighted by Crippen LogP contribution is 2.31. The van der Waals surface area contributed by atoms with Crippen LogP contribution in [0.2, 0.25) is 5.02 Å². The van der Waals surface area contributed by atoms with Gasteiger partial charge in [-0.05, 0) is 86.5 Å². The Bertz CT molecular complexity index is 1020. The first-order valence-corrected chi connectivity index (χ1v) is 13.0. The van der Waals surface area contributed by atoms with Crippen molar-refractivity contribution in [1.29, 1.82) is 0 Å². The Morgan fingerprint density at radius 2 is 1.57 bits per heavy atom. The number of fused-ring (bicyclic) bond motifs is 1. The van der Waals surface area contributed by atoms with E-state index >= 15 is 0 Å². The van der Waals surface area contributed by atoms with E-state index < -0.39 is 24.1 Å². The standard InChI is InChI=1S/C23H29ClN2O.C4H6O6/c24-22-11-8-18-12-14-25-15-13-21(18)23(22)26-16-17-6-9-20(10-7-17)27-19-4-2-1-3-5-19;5-1(3(7)8)2(6)4(9)10/h6-11,19,25-26H,1-5,12-16H2;1-2,5-6H,(H,7,8)(H,9,10)/t;1-,2-/m.1/s1. The van der Waals surface area contributed by atoms with Crippen LogP contribution in [0.25, 0.3) is 0 Å². The monoisotopic (exact) mass is 534 g/mol. The molecule has 2 atom stereocenters. The van der Waals surface area contributed by atoms with E-state index in [1.165, 1.54) is 48.8 Å². The zero-order chi connectivity index (χ0) is 26.8. The molecule has 37 heavy (non-hydrogen) atoms. The molecular formula is C27H35ClN2O7. The summed E-state index contributed by atoms with van der Waals surface area (Å²) in [4.78, 5) is 19.5. The molecule has 0 bridgehead atoms. The van der Waals surface area contributed by atoms with Crippen LogP contribution >= 0.6 is 11.6 Å². The number of halogens is 1. The molecule has 1 aliphatic heterocycles. The summed E-state index contributed by atoms with van der Waals surface area (Å²) in [6, 6.07) is 12.7. The summed E-state index contributed by atoms with van der Waals surface area (Å²) < 4.78 is 6.13. The number of aliphatic hydroxyl groups is 2. The van der Waals surface area contributed by atoms with E-state index in [-0.39, 0.29) is 0 Å². The van der Waals surface area contributed by atoms with Gasteiger partial charge < -0.3 is 35.8 Å². The van der Waals surface area contributed by atoms with Gasteiger partial charge in [-0.25, -0.2) is 9.59 Å². The van der Waals surface area contributed by atoms with Crippen molar-refractivity contribution in [2.75, 3.05) is 18.4 Å². The SMILES string of the molecule is Clc1ccc2c(c1NCc1ccc(OC3CCCCC3)cc1)CCNCC2.O=C(O)[C@H](O)[C@@H](O)C(=O)O. The average molecular weight is 535 g/mol. The number of aliphatic hydroxyl groups excluding tert-OH is 2. The number of carboxylic acids is 2. The summed E-state index contributed by atoms with van der Waals surface area (Å²) in [6.45, 7) is 2.82. The number of hydrogen-bond donors (Lipinski definition) is 6.